The molecular formula is C15H17NOS. The molecule has 0 spiro atoms. The van der Waals surface area contributed by atoms with Gasteiger partial charge in [0.25, 0.3) is 0 Å². The highest BCUT2D eigenvalue weighted by Gasteiger charge is 2.22. The van der Waals surface area contributed by atoms with Gasteiger partial charge in [-0.05, 0) is 44.6 Å². The molecule has 1 aromatic carbocycles. The molecule has 0 bridgehead atoms. The third-order valence-corrected chi connectivity index (χ3v) is 4.03. The second-order valence-corrected chi connectivity index (χ2v) is 6.18. The summed E-state index contributed by atoms with van der Waals surface area (Å²) in [6.45, 7) is 5.79. The molecule has 1 atom stereocenters. The highest BCUT2D eigenvalue weighted by atomic mass is 32.2. The maximum atomic E-state index is 11.2. The lowest BCUT2D eigenvalue weighted by Crippen LogP contribution is -2.34. The number of carbonyl (C=O) groups is 1. The van der Waals surface area contributed by atoms with Crippen LogP contribution in [0.3, 0.4) is 0 Å². The van der Waals surface area contributed by atoms with Crippen molar-refractivity contribution in [1.29, 1.82) is 0 Å². The second kappa shape index (κ2) is 5.02. The van der Waals surface area contributed by atoms with Gasteiger partial charge < -0.3 is 5.32 Å². The number of hydrogen-bond acceptors (Lipinski definition) is 3. The fourth-order valence-corrected chi connectivity index (χ4v) is 2.73. The van der Waals surface area contributed by atoms with Crippen LogP contribution in [0.2, 0.25) is 0 Å². The average Bonchev–Trinajstić information content (AvgIpc) is 2.34. The molecule has 18 heavy (non-hydrogen) atoms. The Hall–Kier alpha value is -1.48. The first-order valence-corrected chi connectivity index (χ1v) is 6.74. The summed E-state index contributed by atoms with van der Waals surface area (Å²) in [4.78, 5) is 12.2. The highest BCUT2D eigenvalue weighted by Crippen LogP contribution is 2.33. The molecule has 1 aliphatic rings. The van der Waals surface area contributed by atoms with Crippen molar-refractivity contribution in [2.45, 2.75) is 30.5 Å². The van der Waals surface area contributed by atoms with Crippen molar-refractivity contribution in [3.8, 4) is 0 Å². The fraction of sp³-hybridized carbons (Fsp3) is 0.267. The number of hydrogen-bond donors (Lipinski definition) is 1. The number of thioether (sulfide) groups is 1. The van der Waals surface area contributed by atoms with E-state index in [1.165, 1.54) is 5.57 Å². The van der Waals surface area contributed by atoms with Gasteiger partial charge in [-0.2, -0.15) is 0 Å². The predicted molar refractivity (Wildman–Crippen MR) is 76.7 cm³/mol. The summed E-state index contributed by atoms with van der Waals surface area (Å²) >= 11 is 1.74. The summed E-state index contributed by atoms with van der Waals surface area (Å²) in [7, 11) is 0. The largest absolute Gasteiger partial charge is 0.373 e. The predicted octanol–water partition coefficient (Wildman–Crippen LogP) is 3.76. The van der Waals surface area contributed by atoms with E-state index in [1.807, 2.05) is 30.5 Å². The van der Waals surface area contributed by atoms with Gasteiger partial charge in [-0.15, -0.1) is 0 Å². The SMILES string of the molecule is CC(=O)c1ccc(SC2(C)C=CC(C)=CN2)cc1. The smallest absolute Gasteiger partial charge is 0.159 e. The van der Waals surface area contributed by atoms with Crippen LogP contribution in [0.25, 0.3) is 0 Å². The molecule has 2 rings (SSSR count). The van der Waals surface area contributed by atoms with Crippen LogP contribution >= 0.6 is 11.8 Å². The number of dihydropyridines is 1. The van der Waals surface area contributed by atoms with Crippen LogP contribution in [0.1, 0.15) is 31.1 Å². The maximum absolute atomic E-state index is 11.2. The second-order valence-electron chi connectivity index (χ2n) is 4.66. The van der Waals surface area contributed by atoms with Crippen LogP contribution in [-0.4, -0.2) is 10.7 Å². The molecule has 1 aromatic rings. The minimum absolute atomic E-state index is 0.104. The average molecular weight is 259 g/mol. The summed E-state index contributed by atoms with van der Waals surface area (Å²) in [5, 5.41) is 3.38. The van der Waals surface area contributed by atoms with E-state index in [0.717, 1.165) is 10.5 Å². The van der Waals surface area contributed by atoms with Gasteiger partial charge in [0.15, 0.2) is 5.78 Å². The first kappa shape index (κ1) is 13.0. The fourth-order valence-electron chi connectivity index (χ4n) is 1.71. The maximum Gasteiger partial charge on any atom is 0.159 e. The van der Waals surface area contributed by atoms with Crippen LogP contribution in [0.15, 0.2) is 53.1 Å². The van der Waals surface area contributed by atoms with Gasteiger partial charge in [-0.1, -0.05) is 30.0 Å². The number of nitrogens with one attached hydrogen (secondary N) is 1. The Morgan fingerprint density at radius 3 is 2.44 bits per heavy atom. The summed E-state index contributed by atoms with van der Waals surface area (Å²) in [6, 6.07) is 7.74. The molecule has 0 radical (unpaired) electrons. The van der Waals surface area contributed by atoms with Crippen molar-refractivity contribution < 1.29 is 4.79 Å². The van der Waals surface area contributed by atoms with E-state index in [0.29, 0.717) is 0 Å². The summed E-state index contributed by atoms with van der Waals surface area (Å²) in [5.74, 6) is 0.104. The van der Waals surface area contributed by atoms with Gasteiger partial charge in [0.05, 0.1) is 0 Å². The molecule has 0 saturated heterocycles. The van der Waals surface area contributed by atoms with Gasteiger partial charge >= 0.3 is 0 Å². The highest BCUT2D eigenvalue weighted by molar-refractivity contribution is 8.00. The number of ketones is 1. The van der Waals surface area contributed by atoms with Crippen molar-refractivity contribution in [2.75, 3.05) is 0 Å². The van der Waals surface area contributed by atoms with Crippen LogP contribution in [0, 0.1) is 0 Å². The molecular weight excluding hydrogens is 242 g/mol. The van der Waals surface area contributed by atoms with Gasteiger partial charge in [-0.25, -0.2) is 0 Å². The van der Waals surface area contributed by atoms with Crippen molar-refractivity contribution in [3.05, 3.63) is 53.8 Å². The number of allylic oxidation sites excluding steroid dienone is 2. The van der Waals surface area contributed by atoms with E-state index < -0.39 is 0 Å². The standard InChI is InChI=1S/C15H17NOS/c1-11-8-9-15(3,16-10-11)18-14-6-4-13(5-7-14)12(2)17/h4-10,16H,1-3H3. The van der Waals surface area contributed by atoms with E-state index in [1.54, 1.807) is 18.7 Å². The molecule has 0 amide bonds. The molecule has 0 aromatic heterocycles. The van der Waals surface area contributed by atoms with E-state index in [4.69, 9.17) is 0 Å². The Kier molecular flexibility index (Phi) is 3.62. The zero-order chi connectivity index (χ0) is 13.2. The zero-order valence-electron chi connectivity index (χ0n) is 10.9. The van der Waals surface area contributed by atoms with E-state index in [9.17, 15) is 4.79 Å². The molecule has 94 valence electrons. The van der Waals surface area contributed by atoms with Crippen molar-refractivity contribution in [1.82, 2.24) is 5.32 Å². The van der Waals surface area contributed by atoms with Crippen molar-refractivity contribution in [2.24, 2.45) is 0 Å². The summed E-state index contributed by atoms with van der Waals surface area (Å²) in [6.07, 6.45) is 6.30. The van der Waals surface area contributed by atoms with Gasteiger partial charge in [0.2, 0.25) is 0 Å². The molecule has 1 unspecified atom stereocenters. The van der Waals surface area contributed by atoms with E-state index in [-0.39, 0.29) is 10.7 Å². The lowest BCUT2D eigenvalue weighted by Gasteiger charge is -2.29. The molecule has 2 nitrogen and oxygen atoms in total. The number of carbonyl (C=O) groups excluding carboxylic acids is 1. The Balaban J connectivity index is 2.10. The Morgan fingerprint density at radius 2 is 1.94 bits per heavy atom. The lowest BCUT2D eigenvalue weighted by molar-refractivity contribution is 0.101. The molecule has 0 fully saturated rings. The van der Waals surface area contributed by atoms with Crippen molar-refractivity contribution in [3.63, 3.8) is 0 Å². The van der Waals surface area contributed by atoms with Crippen LogP contribution in [0.5, 0.6) is 0 Å². The first-order valence-electron chi connectivity index (χ1n) is 5.92. The number of benzene rings is 1. The summed E-state index contributed by atoms with van der Waals surface area (Å²) in [5.41, 5.74) is 1.98. The minimum atomic E-state index is -0.128. The first-order chi connectivity index (χ1) is 8.48. The van der Waals surface area contributed by atoms with E-state index >= 15 is 0 Å². The molecule has 1 aliphatic heterocycles. The Labute approximate surface area is 112 Å². The van der Waals surface area contributed by atoms with Gasteiger partial charge in [-0.3, -0.25) is 4.79 Å². The lowest BCUT2D eigenvalue weighted by atomic mass is 10.1. The van der Waals surface area contributed by atoms with E-state index in [2.05, 4.69) is 31.3 Å². The Morgan fingerprint density at radius 1 is 1.28 bits per heavy atom. The topological polar surface area (TPSA) is 29.1 Å². The molecule has 3 heteroatoms. The number of Topliss-reactive ketones (excluding diaryl/α,β-unsaturated/α-hetero) is 1. The monoisotopic (exact) mass is 259 g/mol. The van der Waals surface area contributed by atoms with Gasteiger partial charge in [0.1, 0.15) is 4.87 Å². The van der Waals surface area contributed by atoms with Gasteiger partial charge in [0, 0.05) is 16.7 Å². The third-order valence-electron chi connectivity index (χ3n) is 2.84. The van der Waals surface area contributed by atoms with Crippen LogP contribution < -0.4 is 5.32 Å². The van der Waals surface area contributed by atoms with Crippen LogP contribution in [-0.2, 0) is 0 Å². The van der Waals surface area contributed by atoms with Crippen molar-refractivity contribution >= 4 is 17.5 Å². The number of rotatable bonds is 3. The summed E-state index contributed by atoms with van der Waals surface area (Å²) < 4.78 is 0. The van der Waals surface area contributed by atoms with Crippen LogP contribution in [0.4, 0.5) is 0 Å². The molecule has 1 heterocycles. The molecule has 1 N–H and O–H groups in total. The third kappa shape index (κ3) is 3.05. The Bertz CT molecular complexity index is 516. The zero-order valence-corrected chi connectivity index (χ0v) is 11.7. The quantitative estimate of drug-likeness (QED) is 0.838. The minimum Gasteiger partial charge on any atom is -0.373 e. The normalized spacial score (nSPS) is 22.3. The molecule has 0 aliphatic carbocycles. The molecule has 0 saturated carbocycles.